The minimum Gasteiger partial charge on any atom is -0.367 e. The molecule has 3 nitrogen and oxygen atoms in total. The van der Waals surface area contributed by atoms with Crippen molar-refractivity contribution in [3.63, 3.8) is 0 Å². The van der Waals surface area contributed by atoms with E-state index in [0.717, 1.165) is 22.4 Å². The Hall–Kier alpha value is -2.55. The van der Waals surface area contributed by atoms with E-state index in [-0.39, 0.29) is 0 Å². The summed E-state index contributed by atoms with van der Waals surface area (Å²) in [6.07, 6.45) is 0. The fraction of sp³-hybridized carbons (Fsp3) is 0.0625. The molecule has 0 spiro atoms. The number of nitrogens with zero attached hydrogens (tertiary/aromatic N) is 1. The number of aromatic nitrogens is 1. The number of rotatable bonds is 2. The fourth-order valence-electron chi connectivity index (χ4n) is 2.10. The van der Waals surface area contributed by atoms with Crippen LogP contribution in [0.5, 0.6) is 0 Å². The lowest BCUT2D eigenvalue weighted by Crippen LogP contribution is -1.87. The van der Waals surface area contributed by atoms with Gasteiger partial charge in [0.25, 0.3) is 0 Å². The zero-order valence-corrected chi connectivity index (χ0v) is 10.6. The minimum atomic E-state index is 0.350. The third-order valence-electron chi connectivity index (χ3n) is 3.11. The smallest absolute Gasteiger partial charge is 0.230 e. The number of aryl methyl sites for hydroxylation is 1. The number of benzene rings is 2. The van der Waals surface area contributed by atoms with E-state index in [1.54, 1.807) is 0 Å². The molecule has 0 unspecified atom stereocenters. The standard InChI is InChI=1S/C16H14N2O/c1-11-7-9-12(10-8-11)14-15(18-19-16(14)17)13-5-3-2-4-6-13/h2-10H,17H2,1H3. The molecule has 0 aliphatic rings. The monoisotopic (exact) mass is 250 g/mol. The van der Waals surface area contributed by atoms with Crippen molar-refractivity contribution in [2.75, 3.05) is 5.73 Å². The predicted octanol–water partition coefficient (Wildman–Crippen LogP) is 3.90. The molecule has 2 aromatic carbocycles. The summed E-state index contributed by atoms with van der Waals surface area (Å²) in [5.41, 5.74) is 10.8. The Kier molecular flexibility index (Phi) is 2.80. The van der Waals surface area contributed by atoms with Crippen LogP contribution in [0.2, 0.25) is 0 Å². The number of hydrogen-bond donors (Lipinski definition) is 1. The summed E-state index contributed by atoms with van der Waals surface area (Å²) in [4.78, 5) is 0. The summed E-state index contributed by atoms with van der Waals surface area (Å²) < 4.78 is 5.16. The van der Waals surface area contributed by atoms with Gasteiger partial charge in [0.1, 0.15) is 5.69 Å². The molecule has 2 N–H and O–H groups in total. The largest absolute Gasteiger partial charge is 0.367 e. The number of anilines is 1. The first kappa shape index (κ1) is 11.5. The van der Waals surface area contributed by atoms with Gasteiger partial charge in [0.2, 0.25) is 5.88 Å². The molecular formula is C16H14N2O. The minimum absolute atomic E-state index is 0.350. The molecule has 0 saturated carbocycles. The van der Waals surface area contributed by atoms with Gasteiger partial charge in [0.05, 0.1) is 5.56 Å². The first-order valence-corrected chi connectivity index (χ1v) is 6.13. The highest BCUT2D eigenvalue weighted by Gasteiger charge is 2.16. The maximum atomic E-state index is 5.92. The lowest BCUT2D eigenvalue weighted by Gasteiger charge is -2.03. The molecule has 0 fully saturated rings. The molecule has 0 aliphatic heterocycles. The van der Waals surface area contributed by atoms with E-state index in [1.165, 1.54) is 5.56 Å². The Morgan fingerprint density at radius 3 is 2.26 bits per heavy atom. The normalized spacial score (nSPS) is 10.6. The lowest BCUT2D eigenvalue weighted by molar-refractivity contribution is 0.439. The number of hydrogen-bond acceptors (Lipinski definition) is 3. The average molecular weight is 250 g/mol. The molecule has 1 aromatic heterocycles. The molecule has 94 valence electrons. The Morgan fingerprint density at radius 2 is 1.58 bits per heavy atom. The molecule has 3 rings (SSSR count). The van der Waals surface area contributed by atoms with Crippen molar-refractivity contribution in [1.29, 1.82) is 0 Å². The van der Waals surface area contributed by atoms with Gasteiger partial charge in [-0.3, -0.25) is 0 Å². The van der Waals surface area contributed by atoms with Gasteiger partial charge < -0.3 is 10.3 Å². The summed E-state index contributed by atoms with van der Waals surface area (Å²) in [5.74, 6) is 0.350. The number of nitrogens with two attached hydrogens (primary N) is 1. The van der Waals surface area contributed by atoms with Gasteiger partial charge in [-0.15, -0.1) is 0 Å². The maximum absolute atomic E-state index is 5.92. The van der Waals surface area contributed by atoms with Crippen LogP contribution in [0.1, 0.15) is 5.56 Å². The van der Waals surface area contributed by atoms with E-state index in [4.69, 9.17) is 10.3 Å². The van der Waals surface area contributed by atoms with Gasteiger partial charge in [-0.2, -0.15) is 0 Å². The SMILES string of the molecule is Cc1ccc(-c2c(-c3ccccc3)noc2N)cc1. The molecule has 0 bridgehead atoms. The van der Waals surface area contributed by atoms with Gasteiger partial charge >= 0.3 is 0 Å². The molecule has 0 aliphatic carbocycles. The van der Waals surface area contributed by atoms with Gasteiger partial charge in [0.15, 0.2) is 0 Å². The van der Waals surface area contributed by atoms with Crippen LogP contribution >= 0.6 is 0 Å². The van der Waals surface area contributed by atoms with Crippen molar-refractivity contribution < 1.29 is 4.52 Å². The second-order valence-corrected chi connectivity index (χ2v) is 4.50. The molecule has 3 heteroatoms. The molecule has 1 heterocycles. The van der Waals surface area contributed by atoms with Crippen molar-refractivity contribution in [3.05, 3.63) is 60.2 Å². The molecule has 0 atom stereocenters. The lowest BCUT2D eigenvalue weighted by atomic mass is 10.0. The van der Waals surface area contributed by atoms with Crippen molar-refractivity contribution in [3.8, 4) is 22.4 Å². The van der Waals surface area contributed by atoms with Crippen molar-refractivity contribution in [1.82, 2.24) is 5.16 Å². The van der Waals surface area contributed by atoms with Crippen LogP contribution in [0.15, 0.2) is 59.1 Å². The van der Waals surface area contributed by atoms with Crippen LogP contribution in [0.3, 0.4) is 0 Å². The summed E-state index contributed by atoms with van der Waals surface area (Å²) >= 11 is 0. The topological polar surface area (TPSA) is 52.0 Å². The van der Waals surface area contributed by atoms with Crippen molar-refractivity contribution in [2.45, 2.75) is 6.92 Å². The van der Waals surface area contributed by atoms with Crippen LogP contribution in [0, 0.1) is 6.92 Å². The van der Waals surface area contributed by atoms with Crippen LogP contribution in [0.25, 0.3) is 22.4 Å². The Bertz CT molecular complexity index is 685. The van der Waals surface area contributed by atoms with Gasteiger partial charge in [0, 0.05) is 5.56 Å². The van der Waals surface area contributed by atoms with Crippen LogP contribution in [-0.4, -0.2) is 5.16 Å². The summed E-state index contributed by atoms with van der Waals surface area (Å²) in [7, 11) is 0. The van der Waals surface area contributed by atoms with E-state index < -0.39 is 0 Å². The second kappa shape index (κ2) is 4.61. The van der Waals surface area contributed by atoms with Crippen molar-refractivity contribution >= 4 is 5.88 Å². The Labute approximate surface area is 111 Å². The molecule has 0 saturated heterocycles. The molecule has 0 radical (unpaired) electrons. The quantitative estimate of drug-likeness (QED) is 0.750. The van der Waals surface area contributed by atoms with Crippen molar-refractivity contribution in [2.24, 2.45) is 0 Å². The Morgan fingerprint density at radius 1 is 0.895 bits per heavy atom. The number of nitrogen functional groups attached to an aromatic ring is 1. The highest BCUT2D eigenvalue weighted by molar-refractivity contribution is 5.86. The molecule has 3 aromatic rings. The average Bonchev–Trinajstić information content (AvgIpc) is 2.83. The zero-order chi connectivity index (χ0) is 13.2. The summed E-state index contributed by atoms with van der Waals surface area (Å²) in [6, 6.07) is 18.1. The van der Waals surface area contributed by atoms with E-state index in [1.807, 2.05) is 42.5 Å². The van der Waals surface area contributed by atoms with Gasteiger partial charge in [-0.25, -0.2) is 0 Å². The fourth-order valence-corrected chi connectivity index (χ4v) is 2.10. The predicted molar refractivity (Wildman–Crippen MR) is 76.5 cm³/mol. The van der Waals surface area contributed by atoms with E-state index in [9.17, 15) is 0 Å². The van der Waals surface area contributed by atoms with Gasteiger partial charge in [-0.05, 0) is 12.5 Å². The third-order valence-corrected chi connectivity index (χ3v) is 3.11. The van der Waals surface area contributed by atoms with Gasteiger partial charge in [-0.1, -0.05) is 65.3 Å². The highest BCUT2D eigenvalue weighted by Crippen LogP contribution is 2.35. The van der Waals surface area contributed by atoms with Crippen LogP contribution in [0.4, 0.5) is 5.88 Å². The third kappa shape index (κ3) is 2.10. The summed E-state index contributed by atoms with van der Waals surface area (Å²) in [5, 5.41) is 4.08. The molecule has 19 heavy (non-hydrogen) atoms. The van der Waals surface area contributed by atoms with E-state index in [2.05, 4.69) is 24.2 Å². The first-order chi connectivity index (χ1) is 9.25. The van der Waals surface area contributed by atoms with Crippen LogP contribution in [-0.2, 0) is 0 Å². The van der Waals surface area contributed by atoms with Crippen LogP contribution < -0.4 is 5.73 Å². The second-order valence-electron chi connectivity index (χ2n) is 4.50. The summed E-state index contributed by atoms with van der Waals surface area (Å²) in [6.45, 7) is 2.05. The first-order valence-electron chi connectivity index (χ1n) is 6.13. The zero-order valence-electron chi connectivity index (χ0n) is 10.6. The van der Waals surface area contributed by atoms with E-state index in [0.29, 0.717) is 5.88 Å². The molecular weight excluding hydrogens is 236 g/mol. The Balaban J connectivity index is 2.17. The highest BCUT2D eigenvalue weighted by atomic mass is 16.5. The maximum Gasteiger partial charge on any atom is 0.230 e. The molecule has 0 amide bonds. The van der Waals surface area contributed by atoms with E-state index >= 15 is 0 Å².